The van der Waals surface area contributed by atoms with Crippen molar-refractivity contribution in [3.05, 3.63) is 116 Å². The summed E-state index contributed by atoms with van der Waals surface area (Å²) in [6.07, 6.45) is -8.72. The van der Waals surface area contributed by atoms with Crippen LogP contribution in [0.5, 0.6) is 23.0 Å². The third kappa shape index (κ3) is 18.7. The first-order valence-corrected chi connectivity index (χ1v) is 16.5. The summed E-state index contributed by atoms with van der Waals surface area (Å²) in [5, 5.41) is 9.12. The van der Waals surface area contributed by atoms with Gasteiger partial charge >= 0.3 is 41.9 Å². The van der Waals surface area contributed by atoms with Gasteiger partial charge in [0.25, 0.3) is 0 Å². The molecule has 4 aromatic carbocycles. The second-order valence-corrected chi connectivity index (χ2v) is 11.4. The number of aliphatic hydroxyl groups excluding tert-OH is 1. The summed E-state index contributed by atoms with van der Waals surface area (Å²) in [4.78, 5) is 0. The third-order valence-electron chi connectivity index (χ3n) is 5.95. The number of halogens is 9. The summed E-state index contributed by atoms with van der Waals surface area (Å²) in [5.41, 5.74) is 0.0425. The van der Waals surface area contributed by atoms with Gasteiger partial charge in [0.2, 0.25) is 0 Å². The molecule has 0 bridgehead atoms. The molecule has 51 heavy (non-hydrogen) atoms. The number of aliphatic hydroxyl groups is 1. The van der Waals surface area contributed by atoms with Crippen molar-refractivity contribution in [3.63, 3.8) is 0 Å². The van der Waals surface area contributed by atoms with Gasteiger partial charge in [0, 0.05) is 23.6 Å². The zero-order chi connectivity index (χ0) is 36.5. The van der Waals surface area contributed by atoms with E-state index in [1.807, 2.05) is 13.8 Å². The van der Waals surface area contributed by atoms with Crippen molar-refractivity contribution in [2.45, 2.75) is 46.8 Å². The largest absolute Gasteiger partial charge is 1.00 e. The molecule has 280 valence electrons. The van der Waals surface area contributed by atoms with E-state index in [2.05, 4.69) is 36.6 Å². The molecule has 4 aromatic rings. The van der Waals surface area contributed by atoms with E-state index < -0.39 is 23.5 Å². The number of rotatable bonds is 12. The van der Waals surface area contributed by atoms with Gasteiger partial charge in [-0.05, 0) is 110 Å². The SMILES string of the molecule is C.CCOCCl.CCOCOCc1cc(Oc2ccc(C(F)(F)F)cc2)ccc1Br.OCc1cc(Oc2ccc(C(F)(F)F)cc2)ccc1Br.[2HH].[H-].[Na+]. The molecule has 1 N–H and O–H groups in total. The van der Waals surface area contributed by atoms with Crippen LogP contribution in [0.25, 0.3) is 0 Å². The standard InChI is InChI=1S/C17H16BrF3O3.C14H10BrF3O2.C3H7ClO.CH4.Na.H2.H/c1-2-22-11-23-10-12-9-15(7-8-16(12)18)24-14-5-3-13(4-6-14)17(19,20)21;15-13-6-5-12(7-9(13)8-19)20-11-3-1-10(2-4-11)14(16,17)18;1-2-5-3-4;;;;/h3-9H,2,10-11H2,1H3;1-7,19H,8H2;2-3H2,1H3;1H4;;1H;/q;;;;+1;;-1/i;;;;;1+1;. The van der Waals surface area contributed by atoms with Gasteiger partial charge in [-0.25, -0.2) is 0 Å². The maximum absolute atomic E-state index is 12.5. The summed E-state index contributed by atoms with van der Waals surface area (Å²) in [5.74, 6) is 1.57. The first-order valence-electron chi connectivity index (χ1n) is 14.4. The van der Waals surface area contributed by atoms with Crippen LogP contribution in [0.2, 0.25) is 0 Å². The summed E-state index contributed by atoms with van der Waals surface area (Å²) < 4.78 is 103. The number of benzene rings is 4. The van der Waals surface area contributed by atoms with Gasteiger partial charge in [-0.3, -0.25) is 0 Å². The van der Waals surface area contributed by atoms with Gasteiger partial charge in [0.1, 0.15) is 35.9 Å². The Morgan fingerprint density at radius 1 is 0.647 bits per heavy atom. The van der Waals surface area contributed by atoms with E-state index in [0.717, 1.165) is 38.8 Å². The maximum Gasteiger partial charge on any atom is 1.00 e. The normalized spacial score (nSPS) is 10.7. The fourth-order valence-corrected chi connectivity index (χ4v) is 4.42. The minimum absolute atomic E-state index is 0. The van der Waals surface area contributed by atoms with Gasteiger partial charge in [0.15, 0.2) is 0 Å². The Balaban J connectivity index is -0.000000791. The molecule has 0 spiro atoms. The van der Waals surface area contributed by atoms with Crippen LogP contribution in [-0.2, 0) is 39.8 Å². The molecule has 0 aromatic heterocycles. The predicted molar refractivity (Wildman–Crippen MR) is 191 cm³/mol. The quantitative estimate of drug-likeness (QED) is 0.0503. The maximum atomic E-state index is 12.5. The Morgan fingerprint density at radius 2 is 1.04 bits per heavy atom. The molecule has 0 amide bonds. The van der Waals surface area contributed by atoms with Crippen molar-refractivity contribution in [1.82, 2.24) is 0 Å². The minimum Gasteiger partial charge on any atom is -1.00 e. The van der Waals surface area contributed by atoms with Crippen LogP contribution in [0.1, 0.15) is 46.4 Å². The number of hydrogen-bond donors (Lipinski definition) is 1. The number of alkyl halides is 7. The van der Waals surface area contributed by atoms with E-state index in [9.17, 15) is 26.3 Å². The average Bonchev–Trinajstić information content (AvgIpc) is 3.06. The van der Waals surface area contributed by atoms with E-state index in [4.69, 9.17) is 35.7 Å². The second-order valence-electron chi connectivity index (χ2n) is 9.47. The first-order chi connectivity index (χ1) is 23.2. The molecule has 0 fully saturated rings. The van der Waals surface area contributed by atoms with Crippen LogP contribution >= 0.6 is 43.5 Å². The molecule has 0 aliphatic rings. The summed E-state index contributed by atoms with van der Waals surface area (Å²) >= 11 is 11.8. The zero-order valence-corrected chi connectivity index (χ0v) is 33.1. The van der Waals surface area contributed by atoms with E-state index in [-0.39, 0.29) is 53.2 Å². The Bertz CT molecular complexity index is 1560. The van der Waals surface area contributed by atoms with Crippen molar-refractivity contribution in [3.8, 4) is 23.0 Å². The molecule has 4 rings (SSSR count). The summed E-state index contributed by atoms with van der Waals surface area (Å²) in [6.45, 7) is 5.41. The predicted octanol–water partition coefficient (Wildman–Crippen LogP) is 9.74. The molecular formula is C35H40Br2ClF6NaO6. The van der Waals surface area contributed by atoms with Gasteiger partial charge in [-0.2, -0.15) is 26.3 Å². The molecule has 0 radical (unpaired) electrons. The Kier molecular flexibility index (Phi) is 24.3. The van der Waals surface area contributed by atoms with Crippen molar-refractivity contribution in [1.29, 1.82) is 0 Å². The monoisotopic (exact) mass is 887 g/mol. The topological polar surface area (TPSA) is 66.4 Å². The second kappa shape index (κ2) is 25.2. The van der Waals surface area contributed by atoms with Crippen molar-refractivity contribution in [2.24, 2.45) is 0 Å². The average molecular weight is 890 g/mol. The summed E-state index contributed by atoms with van der Waals surface area (Å²) in [7, 11) is 0. The molecular weight excluding hydrogens is 849 g/mol. The fraction of sp³-hybridized carbons (Fsp3) is 0.314. The molecule has 0 atom stereocenters. The summed E-state index contributed by atoms with van der Waals surface area (Å²) in [6, 6.07) is 19.5. The number of hydrogen-bond acceptors (Lipinski definition) is 6. The van der Waals surface area contributed by atoms with E-state index in [1.54, 1.807) is 36.4 Å². The smallest absolute Gasteiger partial charge is 1.00 e. The molecule has 0 saturated heterocycles. The van der Waals surface area contributed by atoms with E-state index in [1.165, 1.54) is 24.3 Å². The molecule has 16 heteroatoms. The van der Waals surface area contributed by atoms with Crippen LogP contribution in [-0.4, -0.2) is 31.2 Å². The molecule has 0 aliphatic carbocycles. The van der Waals surface area contributed by atoms with Gasteiger partial charge in [-0.1, -0.05) is 50.9 Å². The molecule has 0 unspecified atom stereocenters. The number of ether oxygens (including phenoxy) is 5. The third-order valence-corrected chi connectivity index (χ3v) is 7.65. The van der Waals surface area contributed by atoms with Crippen LogP contribution in [0, 0.1) is 0 Å². The van der Waals surface area contributed by atoms with Crippen LogP contribution in [0.4, 0.5) is 26.3 Å². The first kappa shape index (κ1) is 49.1. The molecule has 0 saturated carbocycles. The Hall–Kier alpha value is -1.85. The minimum atomic E-state index is -4.36. The van der Waals surface area contributed by atoms with Crippen LogP contribution < -0.4 is 39.0 Å². The van der Waals surface area contributed by atoms with E-state index >= 15 is 0 Å². The van der Waals surface area contributed by atoms with E-state index in [0.29, 0.717) is 54.4 Å². The van der Waals surface area contributed by atoms with Gasteiger partial charge in [0.05, 0.1) is 24.3 Å². The van der Waals surface area contributed by atoms with Gasteiger partial charge < -0.3 is 30.2 Å². The fourth-order valence-electron chi connectivity index (χ4n) is 3.53. The zero-order valence-electron chi connectivity index (χ0n) is 28.2. The molecule has 0 heterocycles. The van der Waals surface area contributed by atoms with Crippen molar-refractivity contribution >= 4 is 43.5 Å². The molecule has 0 aliphatic heterocycles. The van der Waals surface area contributed by atoms with Gasteiger partial charge in [-0.15, -0.1) is 0 Å². The van der Waals surface area contributed by atoms with Crippen molar-refractivity contribution in [2.75, 3.05) is 26.1 Å². The Labute approximate surface area is 340 Å². The van der Waals surface area contributed by atoms with Crippen LogP contribution in [0.3, 0.4) is 0 Å². The van der Waals surface area contributed by atoms with Crippen molar-refractivity contribution < 1.29 is 87.5 Å². The van der Waals surface area contributed by atoms with Crippen LogP contribution in [0.15, 0.2) is 93.9 Å². The Morgan fingerprint density at radius 3 is 1.39 bits per heavy atom. The molecule has 6 nitrogen and oxygen atoms in total.